The summed E-state index contributed by atoms with van der Waals surface area (Å²) < 4.78 is 0. The molecule has 0 fully saturated rings. The molecule has 0 N–H and O–H groups in total. The fourth-order valence-electron chi connectivity index (χ4n) is 8.46. The van der Waals surface area contributed by atoms with Gasteiger partial charge in [0.25, 0.3) is 0 Å². The number of hydrogen-bond acceptors (Lipinski definition) is 0. The highest BCUT2D eigenvalue weighted by Gasteiger charge is 2.45. The van der Waals surface area contributed by atoms with Gasteiger partial charge in [-0.25, -0.2) is 0 Å². The van der Waals surface area contributed by atoms with Crippen molar-refractivity contribution >= 4 is 12.2 Å². The van der Waals surface area contributed by atoms with E-state index in [-0.39, 0.29) is 0 Å². The molecule has 0 unspecified atom stereocenters. The Balaban J connectivity index is 1.41. The largest absolute Gasteiger partial charge is 0.0634 e. The first kappa shape index (κ1) is 31.1. The summed E-state index contributed by atoms with van der Waals surface area (Å²) in [5, 5.41) is 0. The zero-order valence-corrected chi connectivity index (χ0v) is 29.6. The van der Waals surface area contributed by atoms with Gasteiger partial charge in [-0.2, -0.15) is 0 Å². The van der Waals surface area contributed by atoms with Gasteiger partial charge in [-0.1, -0.05) is 156 Å². The molecule has 0 aromatic heterocycles. The summed E-state index contributed by atoms with van der Waals surface area (Å²) >= 11 is 0. The third kappa shape index (κ3) is 5.22. The Hall–Kier alpha value is -5.20. The van der Waals surface area contributed by atoms with Crippen molar-refractivity contribution in [2.24, 2.45) is 0 Å². The van der Waals surface area contributed by atoms with Gasteiger partial charge in [0.05, 0.1) is 5.41 Å². The van der Waals surface area contributed by atoms with Gasteiger partial charge in [-0.05, 0) is 132 Å². The molecule has 240 valence electrons. The van der Waals surface area contributed by atoms with E-state index in [0.717, 1.165) is 12.8 Å². The van der Waals surface area contributed by atoms with Crippen molar-refractivity contribution in [3.8, 4) is 22.3 Å². The Morgan fingerprint density at radius 2 is 0.776 bits per heavy atom. The number of allylic oxidation sites excluding steroid dienone is 2. The molecule has 6 aromatic rings. The van der Waals surface area contributed by atoms with E-state index in [1.165, 1.54) is 100 Å². The summed E-state index contributed by atoms with van der Waals surface area (Å²) in [5.74, 6) is 0. The zero-order valence-electron chi connectivity index (χ0n) is 29.6. The standard InChI is InChI=1S/C49H44/c1-31-15-21-39(22-16-31)49(40-23-17-32(2)18-24-40,41-27-37-9-7-11-43(47(37)29-41)45-25-33(3)13-19-35(45)5)42-28-38-10-8-12-44(48(38)30-42)46-26-34(4)14-20-36(46)6/h7-26,29-30H,27-28H2,1-6H3. The molecule has 0 nitrogen and oxygen atoms in total. The first-order valence-corrected chi connectivity index (χ1v) is 17.7. The molecule has 49 heavy (non-hydrogen) atoms. The lowest BCUT2D eigenvalue weighted by atomic mass is 9.63. The highest BCUT2D eigenvalue weighted by molar-refractivity contribution is 5.88. The van der Waals surface area contributed by atoms with Gasteiger partial charge in [-0.3, -0.25) is 0 Å². The Labute approximate surface area is 292 Å². The van der Waals surface area contributed by atoms with Gasteiger partial charge in [0, 0.05) is 0 Å². The van der Waals surface area contributed by atoms with Crippen LogP contribution in [0.25, 0.3) is 34.4 Å². The second-order valence-corrected chi connectivity index (χ2v) is 14.6. The minimum absolute atomic E-state index is 0.433. The van der Waals surface area contributed by atoms with E-state index in [0.29, 0.717) is 0 Å². The summed E-state index contributed by atoms with van der Waals surface area (Å²) in [6.45, 7) is 13.3. The molecule has 0 heteroatoms. The van der Waals surface area contributed by atoms with Crippen LogP contribution in [-0.4, -0.2) is 0 Å². The molecule has 8 rings (SSSR count). The summed E-state index contributed by atoms with van der Waals surface area (Å²) in [4.78, 5) is 0. The maximum absolute atomic E-state index is 2.56. The molecule has 6 aromatic carbocycles. The molecule has 0 heterocycles. The number of aryl methyl sites for hydroxylation is 6. The van der Waals surface area contributed by atoms with Crippen molar-refractivity contribution in [1.29, 1.82) is 0 Å². The van der Waals surface area contributed by atoms with Crippen molar-refractivity contribution in [3.05, 3.63) is 199 Å². The topological polar surface area (TPSA) is 0 Å². The van der Waals surface area contributed by atoms with Crippen LogP contribution in [-0.2, 0) is 18.3 Å². The van der Waals surface area contributed by atoms with E-state index in [1.54, 1.807) is 0 Å². The molecule has 0 spiro atoms. The first-order valence-electron chi connectivity index (χ1n) is 17.7. The maximum atomic E-state index is 2.56. The third-order valence-electron chi connectivity index (χ3n) is 11.1. The lowest BCUT2D eigenvalue weighted by Crippen LogP contribution is -2.33. The lowest BCUT2D eigenvalue weighted by molar-refractivity contribution is 0.684. The number of benzene rings is 6. The Morgan fingerprint density at radius 1 is 0.388 bits per heavy atom. The molecule has 0 amide bonds. The Kier molecular flexibility index (Phi) is 7.64. The first-order chi connectivity index (χ1) is 23.7. The quantitative estimate of drug-likeness (QED) is 0.171. The highest BCUT2D eigenvalue weighted by Crippen LogP contribution is 2.54. The van der Waals surface area contributed by atoms with Gasteiger partial charge in [0.1, 0.15) is 0 Å². The minimum Gasteiger partial charge on any atom is -0.0613 e. The molecule has 0 saturated heterocycles. The van der Waals surface area contributed by atoms with Gasteiger partial charge < -0.3 is 0 Å². The molecular weight excluding hydrogens is 589 g/mol. The van der Waals surface area contributed by atoms with Crippen molar-refractivity contribution < 1.29 is 0 Å². The summed E-state index contributed by atoms with van der Waals surface area (Å²) in [7, 11) is 0. The van der Waals surface area contributed by atoms with Gasteiger partial charge >= 0.3 is 0 Å². The number of fused-ring (bicyclic) bond motifs is 2. The van der Waals surface area contributed by atoms with E-state index in [1.807, 2.05) is 0 Å². The maximum Gasteiger partial charge on any atom is 0.0634 e. The van der Waals surface area contributed by atoms with E-state index >= 15 is 0 Å². The molecule has 2 aliphatic carbocycles. The fourth-order valence-corrected chi connectivity index (χ4v) is 8.46. The normalized spacial score (nSPS) is 13.6. The second-order valence-electron chi connectivity index (χ2n) is 14.6. The summed E-state index contributed by atoms with van der Waals surface area (Å²) in [5.41, 5.74) is 23.8. The molecule has 0 atom stereocenters. The molecule has 0 saturated carbocycles. The van der Waals surface area contributed by atoms with Crippen LogP contribution in [0, 0.1) is 41.5 Å². The van der Waals surface area contributed by atoms with Crippen LogP contribution in [0.15, 0.2) is 132 Å². The van der Waals surface area contributed by atoms with Crippen LogP contribution in [0.5, 0.6) is 0 Å². The predicted octanol–water partition coefficient (Wildman–Crippen LogP) is 12.4. The smallest absolute Gasteiger partial charge is 0.0613 e. The zero-order chi connectivity index (χ0) is 33.9. The molecule has 0 bridgehead atoms. The average molecular weight is 633 g/mol. The van der Waals surface area contributed by atoms with Crippen LogP contribution in [0.3, 0.4) is 0 Å². The summed E-state index contributed by atoms with van der Waals surface area (Å²) in [6.07, 6.45) is 6.93. The highest BCUT2D eigenvalue weighted by atomic mass is 14.5. The number of rotatable bonds is 6. The Bertz CT molecular complexity index is 2140. The fraction of sp³-hybridized carbons (Fsp3) is 0.184. The van der Waals surface area contributed by atoms with Crippen LogP contribution in [0.4, 0.5) is 0 Å². The van der Waals surface area contributed by atoms with Crippen molar-refractivity contribution in [2.45, 2.75) is 59.8 Å². The van der Waals surface area contributed by atoms with Gasteiger partial charge in [0.2, 0.25) is 0 Å². The van der Waals surface area contributed by atoms with E-state index in [2.05, 4.69) is 175 Å². The van der Waals surface area contributed by atoms with E-state index < -0.39 is 5.41 Å². The molecule has 0 aliphatic heterocycles. The second kappa shape index (κ2) is 12.0. The van der Waals surface area contributed by atoms with E-state index in [9.17, 15) is 0 Å². The predicted molar refractivity (Wildman–Crippen MR) is 209 cm³/mol. The van der Waals surface area contributed by atoms with Crippen molar-refractivity contribution in [1.82, 2.24) is 0 Å². The van der Waals surface area contributed by atoms with Crippen LogP contribution in [0.2, 0.25) is 0 Å². The van der Waals surface area contributed by atoms with Crippen molar-refractivity contribution in [3.63, 3.8) is 0 Å². The van der Waals surface area contributed by atoms with Gasteiger partial charge in [-0.15, -0.1) is 0 Å². The average Bonchev–Trinajstić information content (AvgIpc) is 3.74. The van der Waals surface area contributed by atoms with Crippen LogP contribution >= 0.6 is 0 Å². The third-order valence-corrected chi connectivity index (χ3v) is 11.1. The van der Waals surface area contributed by atoms with Crippen LogP contribution in [0.1, 0.15) is 66.8 Å². The minimum atomic E-state index is -0.433. The molecule has 0 radical (unpaired) electrons. The Morgan fingerprint density at radius 3 is 1.18 bits per heavy atom. The lowest BCUT2D eigenvalue weighted by Gasteiger charge is -2.39. The van der Waals surface area contributed by atoms with Crippen LogP contribution < -0.4 is 0 Å². The van der Waals surface area contributed by atoms with Gasteiger partial charge in [0.15, 0.2) is 0 Å². The van der Waals surface area contributed by atoms with E-state index in [4.69, 9.17) is 0 Å². The molecule has 2 aliphatic rings. The number of hydrogen-bond donors (Lipinski definition) is 0. The van der Waals surface area contributed by atoms with Crippen molar-refractivity contribution in [2.75, 3.05) is 0 Å². The summed E-state index contributed by atoms with van der Waals surface area (Å²) in [6, 6.07) is 46.3. The SMILES string of the molecule is Cc1ccc(C(C2=Cc3c(cccc3-c3cc(C)ccc3C)C2)(C2=Cc3c(cccc3-c3cc(C)ccc3C)C2)c2ccc(C)cc2)cc1. The molecular formula is C49H44. The monoisotopic (exact) mass is 632 g/mol.